The van der Waals surface area contributed by atoms with Crippen LogP contribution in [0.1, 0.15) is 16.1 Å². The number of amides is 1. The van der Waals surface area contributed by atoms with E-state index in [0.29, 0.717) is 12.3 Å². The number of hydrogen-bond acceptors (Lipinski definition) is 6. The summed E-state index contributed by atoms with van der Waals surface area (Å²) in [7, 11) is 1.59. The van der Waals surface area contributed by atoms with E-state index in [1.54, 1.807) is 14.0 Å². The molecule has 2 aromatic heterocycles. The highest BCUT2D eigenvalue weighted by Crippen LogP contribution is 2.20. The number of aryl methyl sites for hydroxylation is 2. The molecule has 1 fully saturated rings. The summed E-state index contributed by atoms with van der Waals surface area (Å²) in [6.07, 6.45) is 1.38. The summed E-state index contributed by atoms with van der Waals surface area (Å²) in [6, 6.07) is 0. The number of nitrogens with one attached hydrogen (secondary N) is 1. The topological polar surface area (TPSA) is 89.6 Å². The number of hydrogen-bond donors (Lipinski definition) is 1. The average molecular weight is 320 g/mol. The van der Waals surface area contributed by atoms with Crippen molar-refractivity contribution in [3.05, 3.63) is 28.0 Å². The van der Waals surface area contributed by atoms with Crippen molar-refractivity contribution in [2.24, 2.45) is 7.05 Å². The summed E-state index contributed by atoms with van der Waals surface area (Å²) < 4.78 is 12.1. The van der Waals surface area contributed by atoms with Gasteiger partial charge >= 0.3 is 0 Å². The number of fused-ring (bicyclic) bond motifs is 1. The maximum atomic E-state index is 12.5. The number of rotatable bonds is 4. The van der Waals surface area contributed by atoms with E-state index in [9.17, 15) is 9.59 Å². The minimum atomic E-state index is -0.306. The van der Waals surface area contributed by atoms with E-state index < -0.39 is 0 Å². The summed E-state index contributed by atoms with van der Waals surface area (Å²) in [5, 5.41) is 3.09. The van der Waals surface area contributed by atoms with Crippen LogP contribution in [0.3, 0.4) is 0 Å². The molecular formula is C15H20N4O4. The van der Waals surface area contributed by atoms with Crippen molar-refractivity contribution in [3.8, 4) is 0 Å². The highest BCUT2D eigenvalue weighted by Gasteiger charge is 2.22. The van der Waals surface area contributed by atoms with Gasteiger partial charge in [-0.05, 0) is 6.92 Å². The third kappa shape index (κ3) is 3.13. The van der Waals surface area contributed by atoms with Crippen LogP contribution in [-0.4, -0.2) is 59.8 Å². The van der Waals surface area contributed by atoms with Gasteiger partial charge in [0.1, 0.15) is 17.5 Å². The largest absolute Gasteiger partial charge is 0.442 e. The Morgan fingerprint density at radius 1 is 1.39 bits per heavy atom. The van der Waals surface area contributed by atoms with Gasteiger partial charge in [0, 0.05) is 33.2 Å². The molecule has 0 saturated carbocycles. The van der Waals surface area contributed by atoms with Crippen molar-refractivity contribution in [2.75, 3.05) is 39.4 Å². The third-order valence-corrected chi connectivity index (χ3v) is 3.99. The summed E-state index contributed by atoms with van der Waals surface area (Å²) in [6.45, 7) is 6.11. The number of carbonyl (C=O) groups is 1. The van der Waals surface area contributed by atoms with Gasteiger partial charge in [0.15, 0.2) is 0 Å². The Kier molecular flexibility index (Phi) is 4.44. The zero-order valence-electron chi connectivity index (χ0n) is 13.3. The predicted octanol–water partition coefficient (Wildman–Crippen LogP) is -0.103. The molecule has 1 aliphatic rings. The van der Waals surface area contributed by atoms with E-state index >= 15 is 0 Å². The van der Waals surface area contributed by atoms with E-state index in [4.69, 9.17) is 9.15 Å². The molecule has 124 valence electrons. The summed E-state index contributed by atoms with van der Waals surface area (Å²) in [5.41, 5.74) is 0.185. The number of carbonyl (C=O) groups excluding carboxylic acids is 1. The Morgan fingerprint density at radius 2 is 2.13 bits per heavy atom. The predicted molar refractivity (Wildman–Crippen MR) is 83.6 cm³/mol. The molecule has 0 unspecified atom stereocenters. The molecule has 0 bridgehead atoms. The van der Waals surface area contributed by atoms with Crippen LogP contribution in [-0.2, 0) is 11.8 Å². The molecule has 0 spiro atoms. The fourth-order valence-electron chi connectivity index (χ4n) is 2.70. The average Bonchev–Trinajstić information content (AvgIpc) is 2.89. The fraction of sp³-hybridized carbons (Fsp3) is 0.533. The third-order valence-electron chi connectivity index (χ3n) is 3.99. The second-order valence-electron chi connectivity index (χ2n) is 5.58. The smallest absolute Gasteiger partial charge is 0.265 e. The standard InChI is InChI=1S/C15H20N4O4/c1-10-11(12-14(23-10)17-9-18(2)15(12)21)13(20)16-3-4-19-5-7-22-8-6-19/h9H,3-8H2,1-2H3,(H,16,20). The molecule has 0 atom stereocenters. The molecule has 0 radical (unpaired) electrons. The van der Waals surface area contributed by atoms with Crippen LogP contribution in [0, 0.1) is 6.92 Å². The van der Waals surface area contributed by atoms with E-state index in [2.05, 4.69) is 15.2 Å². The Balaban J connectivity index is 1.74. The lowest BCUT2D eigenvalue weighted by Gasteiger charge is -2.26. The lowest BCUT2D eigenvalue weighted by molar-refractivity contribution is 0.0383. The molecule has 1 saturated heterocycles. The van der Waals surface area contributed by atoms with Gasteiger partial charge in [-0.1, -0.05) is 0 Å². The van der Waals surface area contributed by atoms with Crippen molar-refractivity contribution in [1.82, 2.24) is 19.8 Å². The van der Waals surface area contributed by atoms with Crippen LogP contribution in [0.15, 0.2) is 15.5 Å². The Hall–Kier alpha value is -2.19. The molecule has 2 aromatic rings. The first-order valence-corrected chi connectivity index (χ1v) is 7.61. The number of morpholine rings is 1. The summed E-state index contributed by atoms with van der Waals surface area (Å²) in [5.74, 6) is 0.0966. The van der Waals surface area contributed by atoms with Crippen LogP contribution in [0.4, 0.5) is 0 Å². The summed E-state index contributed by atoms with van der Waals surface area (Å²) in [4.78, 5) is 31.0. The molecule has 3 heterocycles. The minimum absolute atomic E-state index is 0.198. The number of nitrogens with zero attached hydrogens (tertiary/aromatic N) is 3. The first kappa shape index (κ1) is 15.7. The second kappa shape index (κ2) is 6.51. The monoisotopic (exact) mass is 320 g/mol. The van der Waals surface area contributed by atoms with E-state index in [1.165, 1.54) is 10.9 Å². The minimum Gasteiger partial charge on any atom is -0.442 e. The van der Waals surface area contributed by atoms with Gasteiger partial charge < -0.3 is 19.0 Å². The SMILES string of the molecule is Cc1oc2ncn(C)c(=O)c2c1C(=O)NCCN1CCOCC1. The number of furan rings is 1. The quantitative estimate of drug-likeness (QED) is 0.846. The maximum absolute atomic E-state index is 12.5. The van der Waals surface area contributed by atoms with Gasteiger partial charge in [-0.3, -0.25) is 14.5 Å². The van der Waals surface area contributed by atoms with Crippen molar-refractivity contribution in [3.63, 3.8) is 0 Å². The summed E-state index contributed by atoms with van der Waals surface area (Å²) >= 11 is 0. The van der Waals surface area contributed by atoms with Crippen molar-refractivity contribution in [2.45, 2.75) is 6.92 Å². The number of ether oxygens (including phenoxy) is 1. The fourth-order valence-corrected chi connectivity index (χ4v) is 2.70. The lowest BCUT2D eigenvalue weighted by Crippen LogP contribution is -2.41. The Labute approximate surface area is 133 Å². The van der Waals surface area contributed by atoms with E-state index in [0.717, 1.165) is 32.8 Å². The van der Waals surface area contributed by atoms with Gasteiger partial charge in [0.2, 0.25) is 5.71 Å². The first-order chi connectivity index (χ1) is 11.1. The second-order valence-corrected chi connectivity index (χ2v) is 5.58. The zero-order chi connectivity index (χ0) is 16.4. The molecule has 0 aromatic carbocycles. The molecule has 3 rings (SSSR count). The molecule has 1 amide bonds. The van der Waals surface area contributed by atoms with Crippen LogP contribution < -0.4 is 10.9 Å². The van der Waals surface area contributed by atoms with Gasteiger partial charge in [-0.2, -0.15) is 0 Å². The van der Waals surface area contributed by atoms with Crippen LogP contribution in [0.2, 0.25) is 0 Å². The maximum Gasteiger partial charge on any atom is 0.265 e. The molecular weight excluding hydrogens is 300 g/mol. The Morgan fingerprint density at radius 3 is 2.87 bits per heavy atom. The van der Waals surface area contributed by atoms with Gasteiger partial charge in [0.25, 0.3) is 11.5 Å². The molecule has 8 heteroatoms. The Bertz CT molecular complexity index is 774. The number of aromatic nitrogens is 2. The van der Waals surface area contributed by atoms with E-state index in [1.807, 2.05) is 0 Å². The van der Waals surface area contributed by atoms with Gasteiger partial charge in [-0.15, -0.1) is 0 Å². The van der Waals surface area contributed by atoms with Gasteiger partial charge in [-0.25, -0.2) is 4.98 Å². The highest BCUT2D eigenvalue weighted by molar-refractivity contribution is 6.06. The van der Waals surface area contributed by atoms with Crippen molar-refractivity contribution >= 4 is 17.0 Å². The van der Waals surface area contributed by atoms with Crippen LogP contribution >= 0.6 is 0 Å². The van der Waals surface area contributed by atoms with Crippen molar-refractivity contribution < 1.29 is 13.9 Å². The molecule has 1 N–H and O–H groups in total. The molecule has 1 aliphatic heterocycles. The highest BCUT2D eigenvalue weighted by atomic mass is 16.5. The molecule has 23 heavy (non-hydrogen) atoms. The molecule has 8 nitrogen and oxygen atoms in total. The normalized spacial score (nSPS) is 15.9. The van der Waals surface area contributed by atoms with E-state index in [-0.39, 0.29) is 28.1 Å². The van der Waals surface area contributed by atoms with Crippen LogP contribution in [0.5, 0.6) is 0 Å². The molecule has 0 aliphatic carbocycles. The van der Waals surface area contributed by atoms with Gasteiger partial charge in [0.05, 0.1) is 18.8 Å². The first-order valence-electron chi connectivity index (χ1n) is 7.61. The lowest BCUT2D eigenvalue weighted by atomic mass is 10.2. The van der Waals surface area contributed by atoms with Crippen LogP contribution in [0.25, 0.3) is 11.1 Å². The van der Waals surface area contributed by atoms with Crippen molar-refractivity contribution in [1.29, 1.82) is 0 Å². The zero-order valence-corrected chi connectivity index (χ0v) is 13.3.